The molecule has 1 aliphatic heterocycles. The second-order valence-corrected chi connectivity index (χ2v) is 8.94. The highest BCUT2D eigenvalue weighted by atomic mass is 16.5. The molecule has 1 N–H and O–H groups in total. The number of hydrogen-bond donors (Lipinski definition) is 1. The fourth-order valence-corrected chi connectivity index (χ4v) is 4.96. The molecule has 0 radical (unpaired) electrons. The molecule has 5 rings (SSSR count). The monoisotopic (exact) mass is 489 g/mol. The maximum absolute atomic E-state index is 13.4. The van der Waals surface area contributed by atoms with Gasteiger partial charge in [-0.3, -0.25) is 9.69 Å². The molecule has 1 fully saturated rings. The molecular weight excluding hydrogens is 458 g/mol. The van der Waals surface area contributed by atoms with Crippen molar-refractivity contribution in [2.75, 3.05) is 51.9 Å². The van der Waals surface area contributed by atoms with E-state index in [0.29, 0.717) is 24.5 Å². The highest BCUT2D eigenvalue weighted by molar-refractivity contribution is 5.82. The molecule has 0 amide bonds. The van der Waals surface area contributed by atoms with E-state index < -0.39 is 6.04 Å². The number of hydrogen-bond acceptors (Lipinski definition) is 8. The standard InChI is InChI=1S/C26H31N7O3/c1-18-7-6-8-19-17-20(26(34)27-23(18)19)24(25-28-29-30-33(25)15-16-35-2)32-13-11-31(12-14-32)21-9-4-5-10-22(21)36-3/h4-10,17,24H,11-16H2,1-3H3,(H,27,34)/t24-/m1/s1. The Labute approximate surface area is 209 Å². The summed E-state index contributed by atoms with van der Waals surface area (Å²) in [7, 11) is 3.34. The Bertz CT molecular complexity index is 1390. The zero-order valence-electron chi connectivity index (χ0n) is 20.8. The Morgan fingerprint density at radius 2 is 1.86 bits per heavy atom. The van der Waals surface area contributed by atoms with Gasteiger partial charge < -0.3 is 19.4 Å². The van der Waals surface area contributed by atoms with Gasteiger partial charge in [-0.2, -0.15) is 0 Å². The highest BCUT2D eigenvalue weighted by Crippen LogP contribution is 2.32. The van der Waals surface area contributed by atoms with Gasteiger partial charge in [0.1, 0.15) is 11.8 Å². The zero-order valence-corrected chi connectivity index (χ0v) is 20.8. The molecule has 3 heterocycles. The zero-order chi connectivity index (χ0) is 25.1. The lowest BCUT2D eigenvalue weighted by molar-refractivity contribution is 0.171. The normalized spacial score (nSPS) is 15.4. The number of piperazine rings is 1. The number of nitrogens with zero attached hydrogens (tertiary/aromatic N) is 6. The first-order valence-electron chi connectivity index (χ1n) is 12.1. The van der Waals surface area contributed by atoms with Crippen molar-refractivity contribution in [1.82, 2.24) is 30.1 Å². The number of para-hydroxylation sites is 3. The maximum atomic E-state index is 13.4. The van der Waals surface area contributed by atoms with Gasteiger partial charge in [-0.05, 0) is 46.5 Å². The van der Waals surface area contributed by atoms with Gasteiger partial charge in [0, 0.05) is 38.9 Å². The number of aryl methyl sites for hydroxylation is 1. The van der Waals surface area contributed by atoms with Gasteiger partial charge in [-0.1, -0.05) is 30.3 Å². The number of fused-ring (bicyclic) bond motifs is 1. The van der Waals surface area contributed by atoms with E-state index >= 15 is 0 Å². The smallest absolute Gasteiger partial charge is 0.253 e. The van der Waals surface area contributed by atoms with Crippen LogP contribution in [0.2, 0.25) is 0 Å². The van der Waals surface area contributed by atoms with Crippen molar-refractivity contribution in [3.05, 3.63) is 75.8 Å². The van der Waals surface area contributed by atoms with Crippen LogP contribution in [-0.4, -0.2) is 77.1 Å². The summed E-state index contributed by atoms with van der Waals surface area (Å²) in [6.07, 6.45) is 0. The summed E-state index contributed by atoms with van der Waals surface area (Å²) in [6, 6.07) is 15.7. The number of nitrogens with one attached hydrogen (secondary N) is 1. The van der Waals surface area contributed by atoms with E-state index in [1.54, 1.807) is 18.9 Å². The number of ether oxygens (including phenoxy) is 2. The molecule has 4 aromatic rings. The minimum absolute atomic E-state index is 0.129. The number of H-pyrrole nitrogens is 1. The molecule has 2 aromatic heterocycles. The second-order valence-electron chi connectivity index (χ2n) is 8.94. The van der Waals surface area contributed by atoms with E-state index in [0.717, 1.165) is 54.1 Å². The molecular formula is C26H31N7O3. The first-order valence-corrected chi connectivity index (χ1v) is 12.1. The van der Waals surface area contributed by atoms with E-state index in [1.807, 2.05) is 49.4 Å². The van der Waals surface area contributed by atoms with Gasteiger partial charge in [0.2, 0.25) is 0 Å². The number of tetrazole rings is 1. The number of rotatable bonds is 8. The number of aromatic nitrogens is 5. The van der Waals surface area contributed by atoms with Crippen LogP contribution < -0.4 is 15.2 Å². The lowest BCUT2D eigenvalue weighted by Gasteiger charge is -2.40. The number of benzene rings is 2. The van der Waals surface area contributed by atoms with Crippen LogP contribution in [-0.2, 0) is 11.3 Å². The molecule has 0 bridgehead atoms. The molecule has 36 heavy (non-hydrogen) atoms. The first-order chi connectivity index (χ1) is 17.6. The molecule has 0 spiro atoms. The summed E-state index contributed by atoms with van der Waals surface area (Å²) >= 11 is 0. The Kier molecular flexibility index (Phi) is 6.97. The Hall–Kier alpha value is -3.76. The van der Waals surface area contributed by atoms with Gasteiger partial charge >= 0.3 is 0 Å². The minimum atomic E-state index is -0.398. The molecule has 2 aromatic carbocycles. The van der Waals surface area contributed by atoms with E-state index in [9.17, 15) is 4.79 Å². The Morgan fingerprint density at radius 1 is 1.06 bits per heavy atom. The largest absolute Gasteiger partial charge is 0.495 e. The van der Waals surface area contributed by atoms with Crippen molar-refractivity contribution in [1.29, 1.82) is 0 Å². The lowest BCUT2D eigenvalue weighted by atomic mass is 10.0. The molecule has 188 valence electrons. The SMILES string of the molecule is COCCn1nnnc1[C@@H](c1cc2cccc(C)c2[nH]c1=O)N1CCN(c2ccccc2OC)CC1. The van der Waals surface area contributed by atoms with Crippen molar-refractivity contribution in [3.8, 4) is 5.75 Å². The van der Waals surface area contributed by atoms with Crippen molar-refractivity contribution in [2.24, 2.45) is 0 Å². The molecule has 10 nitrogen and oxygen atoms in total. The third-order valence-corrected chi connectivity index (χ3v) is 6.83. The van der Waals surface area contributed by atoms with E-state index in [-0.39, 0.29) is 5.56 Å². The lowest BCUT2D eigenvalue weighted by Crippen LogP contribution is -2.49. The summed E-state index contributed by atoms with van der Waals surface area (Å²) in [5, 5.41) is 13.5. The van der Waals surface area contributed by atoms with Crippen LogP contribution in [0.5, 0.6) is 5.75 Å². The fourth-order valence-electron chi connectivity index (χ4n) is 4.96. The minimum Gasteiger partial charge on any atom is -0.495 e. The number of pyridine rings is 1. The molecule has 1 aliphatic rings. The van der Waals surface area contributed by atoms with E-state index in [4.69, 9.17) is 9.47 Å². The highest BCUT2D eigenvalue weighted by Gasteiger charge is 2.33. The van der Waals surface area contributed by atoms with Gasteiger partial charge in [0.25, 0.3) is 5.56 Å². The molecule has 1 atom stereocenters. The third kappa shape index (κ3) is 4.57. The van der Waals surface area contributed by atoms with Crippen LogP contribution in [0.15, 0.2) is 53.3 Å². The summed E-state index contributed by atoms with van der Waals surface area (Å²) in [5.74, 6) is 1.49. The Morgan fingerprint density at radius 3 is 2.64 bits per heavy atom. The number of aromatic amines is 1. The summed E-state index contributed by atoms with van der Waals surface area (Å²) in [6.45, 7) is 5.98. The van der Waals surface area contributed by atoms with Crippen LogP contribution in [0.3, 0.4) is 0 Å². The average molecular weight is 490 g/mol. The maximum Gasteiger partial charge on any atom is 0.253 e. The van der Waals surface area contributed by atoms with Crippen molar-refractivity contribution in [2.45, 2.75) is 19.5 Å². The van der Waals surface area contributed by atoms with Crippen LogP contribution >= 0.6 is 0 Å². The van der Waals surface area contributed by atoms with Crippen LogP contribution in [0.4, 0.5) is 5.69 Å². The summed E-state index contributed by atoms with van der Waals surface area (Å²) < 4.78 is 12.6. The predicted octanol–water partition coefficient (Wildman–Crippen LogP) is 2.39. The van der Waals surface area contributed by atoms with Gasteiger partial charge in [-0.25, -0.2) is 4.68 Å². The second kappa shape index (κ2) is 10.5. The van der Waals surface area contributed by atoms with Crippen LogP contribution in [0, 0.1) is 6.92 Å². The van der Waals surface area contributed by atoms with Crippen molar-refractivity contribution < 1.29 is 9.47 Å². The Balaban J connectivity index is 1.52. The van der Waals surface area contributed by atoms with Crippen LogP contribution in [0.1, 0.15) is 23.0 Å². The molecule has 1 saturated heterocycles. The molecule has 0 unspecified atom stereocenters. The predicted molar refractivity (Wildman–Crippen MR) is 138 cm³/mol. The third-order valence-electron chi connectivity index (χ3n) is 6.83. The van der Waals surface area contributed by atoms with Crippen LogP contribution in [0.25, 0.3) is 10.9 Å². The summed E-state index contributed by atoms with van der Waals surface area (Å²) in [4.78, 5) is 21.2. The molecule has 0 saturated carbocycles. The van der Waals surface area contributed by atoms with Crippen molar-refractivity contribution in [3.63, 3.8) is 0 Å². The van der Waals surface area contributed by atoms with Crippen molar-refractivity contribution >= 4 is 16.6 Å². The number of anilines is 1. The summed E-state index contributed by atoms with van der Waals surface area (Å²) in [5.41, 5.74) is 3.45. The van der Waals surface area contributed by atoms with E-state index in [1.165, 1.54) is 0 Å². The first kappa shape index (κ1) is 24.0. The number of methoxy groups -OCH3 is 2. The molecule has 0 aliphatic carbocycles. The van der Waals surface area contributed by atoms with Gasteiger partial charge in [0.15, 0.2) is 5.82 Å². The topological polar surface area (TPSA) is 101 Å². The molecule has 10 heteroatoms. The van der Waals surface area contributed by atoms with Gasteiger partial charge in [0.05, 0.1) is 31.5 Å². The van der Waals surface area contributed by atoms with Gasteiger partial charge in [-0.15, -0.1) is 5.10 Å². The average Bonchev–Trinajstić information content (AvgIpc) is 3.37. The van der Waals surface area contributed by atoms with E-state index in [2.05, 4.69) is 36.4 Å². The quantitative estimate of drug-likeness (QED) is 0.403. The fraction of sp³-hybridized carbons (Fsp3) is 0.385.